The van der Waals surface area contributed by atoms with Crippen molar-refractivity contribution in [2.45, 2.75) is 45.8 Å². The fourth-order valence-corrected chi connectivity index (χ4v) is 2.18. The minimum atomic E-state index is -0.486. The molecule has 0 unspecified atom stereocenters. The van der Waals surface area contributed by atoms with Crippen LogP contribution in [0.4, 0.5) is 4.79 Å². The third-order valence-corrected chi connectivity index (χ3v) is 3.43. The van der Waals surface area contributed by atoms with Crippen LogP contribution in [0, 0.1) is 0 Å². The lowest BCUT2D eigenvalue weighted by atomic mass is 10.2. The van der Waals surface area contributed by atoms with Crippen LogP contribution in [-0.4, -0.2) is 50.9 Å². The summed E-state index contributed by atoms with van der Waals surface area (Å²) in [5, 5.41) is 9.09. The van der Waals surface area contributed by atoms with Crippen LogP contribution < -0.4 is 16.0 Å². The number of nitrogens with zero attached hydrogens (tertiary/aromatic N) is 1. The van der Waals surface area contributed by atoms with E-state index in [1.807, 2.05) is 39.0 Å². The summed E-state index contributed by atoms with van der Waals surface area (Å²) in [6.07, 6.45) is 1.56. The van der Waals surface area contributed by atoms with E-state index in [0.717, 1.165) is 26.0 Å². The van der Waals surface area contributed by atoms with Gasteiger partial charge in [-0.15, -0.1) is 0 Å². The number of rotatable bonds is 10. The first kappa shape index (κ1) is 22.8. The molecule has 0 saturated carbocycles. The number of guanidine groups is 1. The molecule has 0 heterocycles. The Morgan fingerprint density at radius 1 is 1.00 bits per heavy atom. The van der Waals surface area contributed by atoms with E-state index >= 15 is 0 Å². The lowest BCUT2D eigenvalue weighted by molar-refractivity contribution is 0.0529. The smallest absolute Gasteiger partial charge is 0.407 e. The number of carbonyl (C=O) groups excluding carboxylic acids is 1. The number of hydrogen-bond acceptors (Lipinski definition) is 4. The molecule has 1 aromatic carbocycles. The molecule has 1 rings (SSSR count). The van der Waals surface area contributed by atoms with Gasteiger partial charge in [0.1, 0.15) is 5.60 Å². The first-order valence-electron chi connectivity index (χ1n) is 9.44. The maximum Gasteiger partial charge on any atom is 0.407 e. The fraction of sp³-hybridized carbons (Fsp3) is 0.600. The van der Waals surface area contributed by atoms with E-state index in [4.69, 9.17) is 9.47 Å². The van der Waals surface area contributed by atoms with Crippen LogP contribution in [0.1, 0.15) is 39.2 Å². The van der Waals surface area contributed by atoms with Gasteiger partial charge in [-0.3, -0.25) is 4.99 Å². The molecule has 0 radical (unpaired) electrons. The highest BCUT2D eigenvalue weighted by molar-refractivity contribution is 5.79. The van der Waals surface area contributed by atoms with Crippen LogP contribution in [0.15, 0.2) is 35.3 Å². The van der Waals surface area contributed by atoms with Crippen molar-refractivity contribution in [2.75, 3.05) is 33.3 Å². The minimum absolute atomic E-state index is 0.414. The van der Waals surface area contributed by atoms with Gasteiger partial charge in [-0.2, -0.15) is 0 Å². The summed E-state index contributed by atoms with van der Waals surface area (Å²) in [7, 11) is 1.72. The number of ether oxygens (including phenoxy) is 2. The fourth-order valence-electron chi connectivity index (χ4n) is 2.18. The summed E-state index contributed by atoms with van der Waals surface area (Å²) in [6, 6.07) is 10.2. The van der Waals surface area contributed by atoms with Crippen LogP contribution in [-0.2, 0) is 16.1 Å². The molecule has 0 aliphatic carbocycles. The van der Waals surface area contributed by atoms with Crippen molar-refractivity contribution in [1.29, 1.82) is 0 Å². The molecule has 0 bridgehead atoms. The maximum absolute atomic E-state index is 11.5. The van der Waals surface area contributed by atoms with Crippen LogP contribution in [0.2, 0.25) is 0 Å². The van der Waals surface area contributed by atoms with Crippen molar-refractivity contribution in [3.8, 4) is 0 Å². The van der Waals surface area contributed by atoms with Gasteiger partial charge in [0.25, 0.3) is 0 Å². The maximum atomic E-state index is 11.5. The molecule has 7 heteroatoms. The molecular weight excluding hydrogens is 344 g/mol. The van der Waals surface area contributed by atoms with Crippen molar-refractivity contribution < 1.29 is 14.3 Å². The number of alkyl carbamates (subject to hydrolysis) is 1. The van der Waals surface area contributed by atoms with E-state index in [1.165, 1.54) is 5.56 Å². The molecule has 1 aromatic rings. The lowest BCUT2D eigenvalue weighted by Crippen LogP contribution is -2.42. The first-order valence-corrected chi connectivity index (χ1v) is 9.44. The highest BCUT2D eigenvalue weighted by Gasteiger charge is 2.15. The Hall–Kier alpha value is -2.28. The van der Waals surface area contributed by atoms with Crippen molar-refractivity contribution in [3.63, 3.8) is 0 Å². The SMILES string of the molecule is CN=C(NCCCCOCc1ccccc1)NCCNC(=O)OC(C)(C)C. The second kappa shape index (κ2) is 13.0. The largest absolute Gasteiger partial charge is 0.444 e. The molecule has 0 saturated heterocycles. The Labute approximate surface area is 162 Å². The number of carbonyl (C=O) groups is 1. The zero-order chi connectivity index (χ0) is 20.0. The summed E-state index contributed by atoms with van der Waals surface area (Å²) >= 11 is 0. The van der Waals surface area contributed by atoms with Crippen molar-refractivity contribution >= 4 is 12.1 Å². The molecule has 27 heavy (non-hydrogen) atoms. The zero-order valence-electron chi connectivity index (χ0n) is 17.0. The van der Waals surface area contributed by atoms with Crippen LogP contribution in [0.5, 0.6) is 0 Å². The summed E-state index contributed by atoms with van der Waals surface area (Å²) < 4.78 is 10.8. The monoisotopic (exact) mass is 378 g/mol. The van der Waals surface area contributed by atoms with Crippen molar-refractivity contribution in [3.05, 3.63) is 35.9 Å². The molecule has 0 fully saturated rings. The Morgan fingerprint density at radius 2 is 1.67 bits per heavy atom. The Kier molecular flexibility index (Phi) is 10.9. The number of benzene rings is 1. The average Bonchev–Trinajstić information content (AvgIpc) is 2.62. The van der Waals surface area contributed by atoms with E-state index in [9.17, 15) is 4.79 Å². The molecule has 0 aromatic heterocycles. The number of hydrogen-bond donors (Lipinski definition) is 3. The molecule has 3 N–H and O–H groups in total. The normalized spacial score (nSPS) is 11.8. The molecular formula is C20H34N4O3. The quantitative estimate of drug-likeness (QED) is 0.331. The van der Waals surface area contributed by atoms with Gasteiger partial charge in [0.15, 0.2) is 5.96 Å². The number of nitrogens with one attached hydrogen (secondary N) is 3. The molecule has 0 aliphatic rings. The Balaban J connectivity index is 2.00. The summed E-state index contributed by atoms with van der Waals surface area (Å²) in [6.45, 7) is 8.75. The van der Waals surface area contributed by atoms with Gasteiger partial charge >= 0.3 is 6.09 Å². The summed E-state index contributed by atoms with van der Waals surface area (Å²) in [5.41, 5.74) is 0.708. The van der Waals surface area contributed by atoms with E-state index in [1.54, 1.807) is 7.05 Å². The predicted octanol–water partition coefficient (Wildman–Crippen LogP) is 2.67. The number of amides is 1. The van der Waals surface area contributed by atoms with Gasteiger partial charge in [0, 0.05) is 33.3 Å². The summed E-state index contributed by atoms with van der Waals surface area (Å²) in [4.78, 5) is 15.7. The van der Waals surface area contributed by atoms with Crippen molar-refractivity contribution in [2.24, 2.45) is 4.99 Å². The molecule has 1 amide bonds. The standard InChI is InChI=1S/C20H34N4O3/c1-20(2,3)27-19(25)24-14-13-23-18(21-4)22-12-8-9-15-26-16-17-10-6-5-7-11-17/h5-7,10-11H,8-9,12-16H2,1-4H3,(H,24,25)(H2,21,22,23). The minimum Gasteiger partial charge on any atom is -0.444 e. The van der Waals surface area contributed by atoms with Gasteiger partial charge in [-0.05, 0) is 39.2 Å². The summed E-state index contributed by atoms with van der Waals surface area (Å²) in [5.74, 6) is 0.714. The topological polar surface area (TPSA) is 84.0 Å². The highest BCUT2D eigenvalue weighted by Crippen LogP contribution is 2.06. The van der Waals surface area contributed by atoms with Crippen LogP contribution in [0.3, 0.4) is 0 Å². The lowest BCUT2D eigenvalue weighted by Gasteiger charge is -2.19. The molecule has 0 spiro atoms. The third-order valence-electron chi connectivity index (χ3n) is 3.43. The number of aliphatic imine (C=N–C) groups is 1. The van der Waals surface area contributed by atoms with Gasteiger partial charge in [0.2, 0.25) is 0 Å². The average molecular weight is 379 g/mol. The van der Waals surface area contributed by atoms with Gasteiger partial charge in [-0.25, -0.2) is 4.79 Å². The van der Waals surface area contributed by atoms with Gasteiger partial charge in [-0.1, -0.05) is 30.3 Å². The van der Waals surface area contributed by atoms with Crippen LogP contribution in [0.25, 0.3) is 0 Å². The van der Waals surface area contributed by atoms with E-state index < -0.39 is 11.7 Å². The number of unbranched alkanes of at least 4 members (excludes halogenated alkanes) is 1. The Bertz CT molecular complexity index is 556. The van der Waals surface area contributed by atoms with Crippen LogP contribution >= 0.6 is 0 Å². The Morgan fingerprint density at radius 3 is 2.33 bits per heavy atom. The molecule has 7 nitrogen and oxygen atoms in total. The molecule has 152 valence electrons. The van der Waals surface area contributed by atoms with E-state index in [-0.39, 0.29) is 0 Å². The van der Waals surface area contributed by atoms with Crippen molar-refractivity contribution in [1.82, 2.24) is 16.0 Å². The second-order valence-corrected chi connectivity index (χ2v) is 7.10. The first-order chi connectivity index (χ1) is 12.9. The zero-order valence-corrected chi connectivity index (χ0v) is 17.0. The molecule has 0 aliphatic heterocycles. The van der Waals surface area contributed by atoms with E-state index in [0.29, 0.717) is 25.7 Å². The van der Waals surface area contributed by atoms with E-state index in [2.05, 4.69) is 33.1 Å². The second-order valence-electron chi connectivity index (χ2n) is 7.10. The third kappa shape index (κ3) is 12.7. The van der Waals surface area contributed by atoms with Gasteiger partial charge < -0.3 is 25.4 Å². The highest BCUT2D eigenvalue weighted by atomic mass is 16.6. The van der Waals surface area contributed by atoms with Gasteiger partial charge in [0.05, 0.1) is 6.61 Å². The predicted molar refractivity (Wildman–Crippen MR) is 109 cm³/mol. The molecule has 0 atom stereocenters.